The fourth-order valence-electron chi connectivity index (χ4n) is 3.91. The maximum absolute atomic E-state index is 12.0. The summed E-state index contributed by atoms with van der Waals surface area (Å²) in [6.45, 7) is 0. The molecule has 0 radical (unpaired) electrons. The lowest BCUT2D eigenvalue weighted by Gasteiger charge is -2.18. The third-order valence-electron chi connectivity index (χ3n) is 5.59. The number of carbonyl (C=O) groups is 2. The van der Waals surface area contributed by atoms with Crippen LogP contribution in [0.25, 0.3) is 0 Å². The highest BCUT2D eigenvalue weighted by Gasteiger charge is 2.24. The molecule has 0 bridgehead atoms. The predicted molar refractivity (Wildman–Crippen MR) is 133 cm³/mol. The third kappa shape index (κ3) is 5.31. The lowest BCUT2D eigenvalue weighted by atomic mass is 9.99. The second-order valence-corrected chi connectivity index (χ2v) is 8.94. The Hall–Kier alpha value is -4.23. The van der Waals surface area contributed by atoms with E-state index in [4.69, 9.17) is 0 Å². The average Bonchev–Trinajstić information content (AvgIpc) is 2.84. The van der Waals surface area contributed by atoms with E-state index in [2.05, 4.69) is 0 Å². The highest BCUT2D eigenvalue weighted by atomic mass is 32.2. The molecule has 176 valence electrons. The summed E-state index contributed by atoms with van der Waals surface area (Å²) in [4.78, 5) is 24.6. The molecule has 0 heterocycles. The first-order valence-corrected chi connectivity index (χ1v) is 11.6. The van der Waals surface area contributed by atoms with Gasteiger partial charge >= 0.3 is 11.9 Å². The number of aromatic hydroxyl groups is 2. The number of phenols is 2. The van der Waals surface area contributed by atoms with Crippen LogP contribution in [-0.2, 0) is 12.8 Å². The number of hydrogen-bond acceptors (Lipinski definition) is 5. The van der Waals surface area contributed by atoms with E-state index in [1.165, 1.54) is 24.3 Å². The summed E-state index contributed by atoms with van der Waals surface area (Å²) in [5.41, 5.74) is 2.48. The summed E-state index contributed by atoms with van der Waals surface area (Å²) >= 11 is 0.969. The molecule has 7 heteroatoms. The first-order valence-electron chi connectivity index (χ1n) is 10.8. The predicted octanol–water partition coefficient (Wildman–Crippen LogP) is 5.83. The van der Waals surface area contributed by atoms with Crippen molar-refractivity contribution >= 4 is 23.7 Å². The Morgan fingerprint density at radius 2 is 0.943 bits per heavy atom. The minimum absolute atomic E-state index is 0.0210. The topological polar surface area (TPSA) is 115 Å². The van der Waals surface area contributed by atoms with Gasteiger partial charge in [0.25, 0.3) is 0 Å². The summed E-state index contributed by atoms with van der Waals surface area (Å²) < 4.78 is 0. The Labute approximate surface area is 206 Å². The summed E-state index contributed by atoms with van der Waals surface area (Å²) in [6.07, 6.45) is 0.458. The lowest BCUT2D eigenvalue weighted by Crippen LogP contribution is -2.07. The molecule has 0 unspecified atom stereocenters. The molecule has 0 atom stereocenters. The van der Waals surface area contributed by atoms with Gasteiger partial charge < -0.3 is 20.4 Å². The largest absolute Gasteiger partial charge is 0.507 e. The van der Waals surface area contributed by atoms with Crippen molar-refractivity contribution in [2.24, 2.45) is 0 Å². The van der Waals surface area contributed by atoms with Gasteiger partial charge in [0.15, 0.2) is 0 Å². The van der Waals surface area contributed by atoms with Crippen LogP contribution in [0.3, 0.4) is 0 Å². The molecule has 35 heavy (non-hydrogen) atoms. The molecule has 4 rings (SSSR count). The minimum Gasteiger partial charge on any atom is -0.507 e. The van der Waals surface area contributed by atoms with Crippen LogP contribution in [0.4, 0.5) is 0 Å². The molecule has 0 amide bonds. The van der Waals surface area contributed by atoms with Crippen molar-refractivity contribution in [1.29, 1.82) is 0 Å². The number of rotatable bonds is 8. The van der Waals surface area contributed by atoms with Crippen molar-refractivity contribution in [1.82, 2.24) is 0 Å². The van der Waals surface area contributed by atoms with Crippen molar-refractivity contribution in [3.05, 3.63) is 118 Å². The van der Waals surface area contributed by atoms with Crippen LogP contribution < -0.4 is 0 Å². The van der Waals surface area contributed by atoms with E-state index < -0.39 is 11.9 Å². The summed E-state index contributed by atoms with van der Waals surface area (Å²) in [6, 6.07) is 23.8. The number of phenolic OH excluding ortho intramolecular Hbond substituents is 2. The Morgan fingerprint density at radius 3 is 1.29 bits per heavy atom. The van der Waals surface area contributed by atoms with Crippen LogP contribution in [0.15, 0.2) is 94.7 Å². The molecule has 4 N–H and O–H groups in total. The highest BCUT2D eigenvalue weighted by Crippen LogP contribution is 2.45. The van der Waals surface area contributed by atoms with E-state index in [1.807, 2.05) is 60.7 Å². The standard InChI is InChI=1S/C28H22O6S/c29-23-13-11-19(27(31)32)21(15-17-7-3-1-4-8-17)25(23)35-26-22(16-18-9-5-2-6-10-18)20(28(33)34)12-14-24(26)30/h1-14,29-30H,15-16H2,(H,31,32)(H,33,34). The van der Waals surface area contributed by atoms with Gasteiger partial charge in [0, 0.05) is 0 Å². The van der Waals surface area contributed by atoms with Crippen molar-refractivity contribution in [3.8, 4) is 11.5 Å². The zero-order valence-electron chi connectivity index (χ0n) is 18.5. The molecule has 0 aliphatic heterocycles. The monoisotopic (exact) mass is 486 g/mol. The van der Waals surface area contributed by atoms with Gasteiger partial charge in [-0.1, -0.05) is 72.4 Å². The molecule has 0 fully saturated rings. The fraction of sp³-hybridized carbons (Fsp3) is 0.0714. The van der Waals surface area contributed by atoms with E-state index in [9.17, 15) is 30.0 Å². The van der Waals surface area contributed by atoms with Crippen molar-refractivity contribution in [3.63, 3.8) is 0 Å². The second kappa shape index (κ2) is 10.4. The van der Waals surface area contributed by atoms with Crippen LogP contribution in [0.2, 0.25) is 0 Å². The normalized spacial score (nSPS) is 10.7. The first-order chi connectivity index (χ1) is 16.8. The van der Waals surface area contributed by atoms with E-state index in [-0.39, 0.29) is 45.3 Å². The maximum atomic E-state index is 12.0. The highest BCUT2D eigenvalue weighted by molar-refractivity contribution is 7.99. The molecule has 0 saturated heterocycles. The third-order valence-corrected chi connectivity index (χ3v) is 6.91. The molecular weight excluding hydrogens is 464 g/mol. The fourth-order valence-corrected chi connectivity index (χ4v) is 5.07. The Balaban J connectivity index is 1.88. The van der Waals surface area contributed by atoms with E-state index >= 15 is 0 Å². The van der Waals surface area contributed by atoms with Crippen LogP contribution >= 0.6 is 11.8 Å². The van der Waals surface area contributed by atoms with Crippen LogP contribution in [0.5, 0.6) is 11.5 Å². The molecule has 0 aromatic heterocycles. The van der Waals surface area contributed by atoms with E-state index in [0.717, 1.165) is 22.9 Å². The van der Waals surface area contributed by atoms with Gasteiger partial charge in [-0.2, -0.15) is 0 Å². The van der Waals surface area contributed by atoms with E-state index in [1.54, 1.807) is 0 Å². The number of benzene rings is 4. The number of aromatic carboxylic acids is 2. The molecule has 0 aliphatic carbocycles. The zero-order chi connectivity index (χ0) is 24.9. The average molecular weight is 487 g/mol. The maximum Gasteiger partial charge on any atom is 0.336 e. The molecule has 0 aliphatic rings. The molecule has 4 aromatic carbocycles. The van der Waals surface area contributed by atoms with Gasteiger partial charge in [-0.25, -0.2) is 9.59 Å². The van der Waals surface area contributed by atoms with Gasteiger partial charge in [-0.05, 0) is 59.4 Å². The summed E-state index contributed by atoms with van der Waals surface area (Å²) in [7, 11) is 0. The van der Waals surface area contributed by atoms with Gasteiger partial charge in [0.05, 0.1) is 20.9 Å². The quantitative estimate of drug-likeness (QED) is 0.248. The summed E-state index contributed by atoms with van der Waals surface area (Å²) in [5.74, 6) is -2.61. The molecule has 0 spiro atoms. The minimum atomic E-state index is -1.15. The van der Waals surface area contributed by atoms with Crippen LogP contribution in [-0.4, -0.2) is 32.4 Å². The Morgan fingerprint density at radius 1 is 0.571 bits per heavy atom. The van der Waals surface area contributed by atoms with Crippen molar-refractivity contribution < 1.29 is 30.0 Å². The summed E-state index contributed by atoms with van der Waals surface area (Å²) in [5, 5.41) is 41.2. The van der Waals surface area contributed by atoms with E-state index in [0.29, 0.717) is 11.1 Å². The molecule has 0 saturated carbocycles. The lowest BCUT2D eigenvalue weighted by molar-refractivity contribution is 0.0684. The Kier molecular flexibility index (Phi) is 7.08. The molecule has 6 nitrogen and oxygen atoms in total. The number of carboxylic acids is 2. The van der Waals surface area contributed by atoms with Gasteiger partial charge in [-0.3, -0.25) is 0 Å². The van der Waals surface area contributed by atoms with Gasteiger partial charge in [-0.15, -0.1) is 0 Å². The van der Waals surface area contributed by atoms with Crippen molar-refractivity contribution in [2.45, 2.75) is 22.6 Å². The smallest absolute Gasteiger partial charge is 0.336 e. The number of carboxylic acid groups (broad SMARTS) is 2. The van der Waals surface area contributed by atoms with Crippen LogP contribution in [0, 0.1) is 0 Å². The molecule has 4 aromatic rings. The SMILES string of the molecule is O=C(O)c1ccc(O)c(Sc2c(O)ccc(C(=O)O)c2Cc2ccccc2)c1Cc1ccccc1. The van der Waals surface area contributed by atoms with Crippen molar-refractivity contribution in [2.75, 3.05) is 0 Å². The van der Waals surface area contributed by atoms with Gasteiger partial charge in [0.2, 0.25) is 0 Å². The number of hydrogen-bond donors (Lipinski definition) is 4. The Bertz CT molecular complexity index is 1280. The zero-order valence-corrected chi connectivity index (χ0v) is 19.3. The second-order valence-electron chi connectivity index (χ2n) is 7.92. The first kappa shape index (κ1) is 23.9. The van der Waals surface area contributed by atoms with Crippen LogP contribution in [0.1, 0.15) is 43.0 Å². The van der Waals surface area contributed by atoms with Gasteiger partial charge in [0.1, 0.15) is 11.5 Å². The molecular formula is C28H22O6S.